The van der Waals surface area contributed by atoms with Crippen LogP contribution in [0.15, 0.2) is 48.4 Å². The first kappa shape index (κ1) is 20.3. The molecule has 0 radical (unpaired) electrons. The fraction of sp³-hybridized carbons (Fsp3) is 0.333. The lowest BCUT2D eigenvalue weighted by Gasteiger charge is -2.17. The van der Waals surface area contributed by atoms with Crippen molar-refractivity contribution in [3.05, 3.63) is 59.7 Å². The SMILES string of the molecule is CNC(=O)c1cn(CCC(F)CN2C=C(C(=O)NCc3ccccc3)NN2)nn1. The second kappa shape index (κ2) is 9.64. The van der Waals surface area contributed by atoms with Gasteiger partial charge < -0.3 is 10.6 Å². The summed E-state index contributed by atoms with van der Waals surface area (Å²) >= 11 is 0. The van der Waals surface area contributed by atoms with E-state index in [0.717, 1.165) is 5.56 Å². The Morgan fingerprint density at radius 3 is 2.79 bits per heavy atom. The van der Waals surface area contributed by atoms with Crippen LogP contribution in [0.25, 0.3) is 0 Å². The van der Waals surface area contributed by atoms with Gasteiger partial charge in [-0.15, -0.1) is 10.6 Å². The average Bonchev–Trinajstić information content (AvgIpc) is 3.40. The lowest BCUT2D eigenvalue weighted by molar-refractivity contribution is -0.118. The molecule has 0 spiro atoms. The van der Waals surface area contributed by atoms with Gasteiger partial charge in [-0.3, -0.25) is 24.7 Å². The largest absolute Gasteiger partial charge is 0.354 e. The molecule has 0 fully saturated rings. The number of rotatable bonds is 9. The molecule has 1 aliphatic heterocycles. The first-order valence-electron chi connectivity index (χ1n) is 9.13. The van der Waals surface area contributed by atoms with E-state index in [2.05, 4.69) is 31.9 Å². The third-order valence-electron chi connectivity index (χ3n) is 4.22. The number of hydrogen-bond donors (Lipinski definition) is 4. The lowest BCUT2D eigenvalue weighted by Crippen LogP contribution is -2.41. The molecule has 2 amide bonds. The minimum absolute atomic E-state index is 0.0411. The second-order valence-corrected chi connectivity index (χ2v) is 6.43. The first-order valence-corrected chi connectivity index (χ1v) is 9.13. The number of hydrogen-bond acceptors (Lipinski definition) is 7. The van der Waals surface area contributed by atoms with Gasteiger partial charge in [-0.1, -0.05) is 35.5 Å². The molecule has 0 saturated heterocycles. The zero-order chi connectivity index (χ0) is 20.6. The third-order valence-corrected chi connectivity index (χ3v) is 4.22. The number of carbonyl (C=O) groups is 2. The number of carbonyl (C=O) groups excluding carboxylic acids is 2. The number of halogens is 1. The predicted molar refractivity (Wildman–Crippen MR) is 102 cm³/mol. The fourth-order valence-electron chi connectivity index (χ4n) is 2.66. The summed E-state index contributed by atoms with van der Waals surface area (Å²) < 4.78 is 15.7. The van der Waals surface area contributed by atoms with Crippen molar-refractivity contribution >= 4 is 11.8 Å². The number of nitrogens with zero attached hydrogens (tertiary/aromatic N) is 4. The fourth-order valence-corrected chi connectivity index (χ4v) is 2.66. The molecule has 0 saturated carbocycles. The van der Waals surface area contributed by atoms with Crippen molar-refractivity contribution in [1.82, 2.24) is 41.6 Å². The van der Waals surface area contributed by atoms with Crippen molar-refractivity contribution in [2.24, 2.45) is 0 Å². The molecule has 154 valence electrons. The molecule has 1 atom stereocenters. The van der Waals surface area contributed by atoms with E-state index in [4.69, 9.17) is 0 Å². The molecule has 10 nitrogen and oxygen atoms in total. The van der Waals surface area contributed by atoms with Crippen molar-refractivity contribution in [2.75, 3.05) is 13.6 Å². The van der Waals surface area contributed by atoms with Crippen LogP contribution in [0.5, 0.6) is 0 Å². The Morgan fingerprint density at radius 1 is 1.24 bits per heavy atom. The maximum atomic E-state index is 14.3. The monoisotopic (exact) mass is 402 g/mol. The van der Waals surface area contributed by atoms with Crippen LogP contribution in [0.4, 0.5) is 4.39 Å². The Hall–Kier alpha value is -3.47. The van der Waals surface area contributed by atoms with Crippen LogP contribution in [-0.4, -0.2) is 51.6 Å². The van der Waals surface area contributed by atoms with E-state index >= 15 is 0 Å². The molecule has 3 rings (SSSR count). The van der Waals surface area contributed by atoms with Gasteiger partial charge in [0.2, 0.25) is 0 Å². The zero-order valence-corrected chi connectivity index (χ0v) is 15.9. The summed E-state index contributed by atoms with van der Waals surface area (Å²) in [6.45, 7) is 0.723. The molecule has 2 heterocycles. The van der Waals surface area contributed by atoms with E-state index in [1.54, 1.807) is 0 Å². The minimum atomic E-state index is -1.18. The summed E-state index contributed by atoms with van der Waals surface area (Å²) in [6, 6.07) is 9.55. The zero-order valence-electron chi connectivity index (χ0n) is 15.9. The molecule has 4 N–H and O–H groups in total. The summed E-state index contributed by atoms with van der Waals surface area (Å²) in [7, 11) is 1.50. The van der Waals surface area contributed by atoms with Gasteiger partial charge in [0.15, 0.2) is 5.69 Å². The van der Waals surface area contributed by atoms with Crippen molar-refractivity contribution < 1.29 is 14.0 Å². The molecule has 1 aromatic heterocycles. The molecule has 1 unspecified atom stereocenters. The van der Waals surface area contributed by atoms with E-state index in [1.807, 2.05) is 30.3 Å². The normalized spacial score (nSPS) is 14.1. The third kappa shape index (κ3) is 5.75. The second-order valence-electron chi connectivity index (χ2n) is 6.43. The van der Waals surface area contributed by atoms with Gasteiger partial charge in [0.1, 0.15) is 11.9 Å². The van der Waals surface area contributed by atoms with Gasteiger partial charge in [0.05, 0.1) is 12.7 Å². The van der Waals surface area contributed by atoms with E-state index < -0.39 is 6.17 Å². The number of nitrogens with one attached hydrogen (secondary N) is 4. The summed E-state index contributed by atoms with van der Waals surface area (Å²) in [5.41, 5.74) is 6.95. The quantitative estimate of drug-likeness (QED) is 0.461. The van der Waals surface area contributed by atoms with Gasteiger partial charge in [-0.2, -0.15) is 0 Å². The van der Waals surface area contributed by atoms with E-state index in [9.17, 15) is 14.0 Å². The smallest absolute Gasteiger partial charge is 0.273 e. The van der Waals surface area contributed by atoms with Crippen molar-refractivity contribution in [3.8, 4) is 0 Å². The van der Waals surface area contributed by atoms with Crippen LogP contribution in [0, 0.1) is 0 Å². The molecule has 29 heavy (non-hydrogen) atoms. The number of aryl methyl sites for hydroxylation is 1. The Balaban J connectivity index is 1.42. The topological polar surface area (TPSA) is 116 Å². The minimum Gasteiger partial charge on any atom is -0.354 e. The van der Waals surface area contributed by atoms with Crippen molar-refractivity contribution in [2.45, 2.75) is 25.7 Å². The summed E-state index contributed by atoms with van der Waals surface area (Å²) in [4.78, 5) is 23.6. The Morgan fingerprint density at radius 2 is 2.03 bits per heavy atom. The van der Waals surface area contributed by atoms with Crippen LogP contribution in [0.3, 0.4) is 0 Å². The highest BCUT2D eigenvalue weighted by Gasteiger charge is 2.20. The molecule has 0 aliphatic carbocycles. The Kier molecular flexibility index (Phi) is 6.74. The molecule has 0 bridgehead atoms. The highest BCUT2D eigenvalue weighted by molar-refractivity contribution is 5.92. The predicted octanol–water partition coefficient (Wildman–Crippen LogP) is -0.151. The van der Waals surface area contributed by atoms with Crippen molar-refractivity contribution in [3.63, 3.8) is 0 Å². The first-order chi connectivity index (χ1) is 14.0. The van der Waals surface area contributed by atoms with Crippen molar-refractivity contribution in [1.29, 1.82) is 0 Å². The van der Waals surface area contributed by atoms with Crippen LogP contribution >= 0.6 is 0 Å². The Bertz CT molecular complexity index is 870. The maximum absolute atomic E-state index is 14.3. The lowest BCUT2D eigenvalue weighted by atomic mass is 10.2. The van der Waals surface area contributed by atoms with Gasteiger partial charge in [-0.05, 0) is 5.56 Å². The standard InChI is InChI=1S/C18H23FN8O2/c1-20-17(28)15-11-26(24-22-15)8-7-14(19)10-27-12-16(23-25-27)18(29)21-9-13-5-3-2-4-6-13/h2-6,11-12,14,23,25H,7-10H2,1H3,(H,20,28)(H,21,29). The summed E-state index contributed by atoms with van der Waals surface area (Å²) in [5, 5.41) is 14.2. The molecule has 1 aromatic carbocycles. The summed E-state index contributed by atoms with van der Waals surface area (Å²) in [5.74, 6) is -0.632. The molecule has 2 aromatic rings. The molecule has 11 heteroatoms. The number of aromatic nitrogens is 3. The van der Waals surface area contributed by atoms with Gasteiger partial charge in [-0.25, -0.2) is 4.39 Å². The van der Waals surface area contributed by atoms with E-state index in [0.29, 0.717) is 12.2 Å². The van der Waals surface area contributed by atoms with Crippen LogP contribution in [0.2, 0.25) is 0 Å². The Labute approximate surface area is 167 Å². The average molecular weight is 402 g/mol. The number of amides is 2. The molecular weight excluding hydrogens is 379 g/mol. The highest BCUT2D eigenvalue weighted by Crippen LogP contribution is 2.07. The van der Waals surface area contributed by atoms with Gasteiger partial charge in [0, 0.05) is 32.8 Å². The highest BCUT2D eigenvalue weighted by atomic mass is 19.1. The van der Waals surface area contributed by atoms with Crippen LogP contribution in [0.1, 0.15) is 22.5 Å². The van der Waals surface area contributed by atoms with Gasteiger partial charge in [0.25, 0.3) is 11.8 Å². The number of alkyl halides is 1. The number of benzene rings is 1. The van der Waals surface area contributed by atoms with Crippen LogP contribution in [-0.2, 0) is 17.9 Å². The van der Waals surface area contributed by atoms with Gasteiger partial charge >= 0.3 is 0 Å². The van der Waals surface area contributed by atoms with E-state index in [1.165, 1.54) is 29.1 Å². The molecular formula is C18H23FN8O2. The summed E-state index contributed by atoms with van der Waals surface area (Å²) in [6.07, 6.45) is 1.99. The molecule has 1 aliphatic rings. The maximum Gasteiger partial charge on any atom is 0.273 e. The van der Waals surface area contributed by atoms with E-state index in [-0.39, 0.29) is 37.0 Å². The number of hydrazine groups is 2. The van der Waals surface area contributed by atoms with Crippen LogP contribution < -0.4 is 21.6 Å².